The second-order valence-corrected chi connectivity index (χ2v) is 10.7. The number of nitrogens with zero attached hydrogens (tertiary/aromatic N) is 4. The summed E-state index contributed by atoms with van der Waals surface area (Å²) < 4.78 is 16.3. The maximum atomic E-state index is 6.14. The molecule has 0 atom stereocenters. The van der Waals surface area contributed by atoms with Gasteiger partial charge in [0.25, 0.3) is 12.0 Å². The van der Waals surface area contributed by atoms with Crippen LogP contribution in [0.25, 0.3) is 60.7 Å². The number of halogens is 1. The Labute approximate surface area is 270 Å². The summed E-state index contributed by atoms with van der Waals surface area (Å²) in [6, 6.07) is 36.4. The first kappa shape index (κ1) is 28.9. The Morgan fingerprint density at radius 2 is 1.24 bits per heavy atom. The third kappa shape index (κ3) is 4.85. The van der Waals surface area contributed by atoms with E-state index >= 15 is 0 Å². The van der Waals surface area contributed by atoms with Gasteiger partial charge in [-0.2, -0.15) is 4.57 Å². The first-order valence-electron chi connectivity index (χ1n) is 14.7. The van der Waals surface area contributed by atoms with Crippen LogP contribution in [-0.4, -0.2) is 21.6 Å². The largest absolute Gasteiger partial charge is 1.00 e. The van der Waals surface area contributed by atoms with Gasteiger partial charge in [-0.3, -0.25) is 0 Å². The fourth-order valence-electron chi connectivity index (χ4n) is 5.92. The van der Waals surface area contributed by atoms with Crippen molar-refractivity contribution in [2.75, 3.05) is 17.7 Å². The zero-order valence-electron chi connectivity index (χ0n) is 25.1. The first-order valence-corrected chi connectivity index (χ1v) is 14.7. The van der Waals surface area contributed by atoms with Crippen molar-refractivity contribution in [3.05, 3.63) is 128 Å². The molecule has 5 heterocycles. The van der Waals surface area contributed by atoms with Crippen molar-refractivity contribution in [2.45, 2.75) is 0 Å². The van der Waals surface area contributed by atoms with E-state index in [0.29, 0.717) is 0 Å². The number of hydrogen-bond acceptors (Lipinski definition) is 6. The number of para-hydroxylation sites is 4. The predicted molar refractivity (Wildman–Crippen MR) is 180 cm³/mol. The normalized spacial score (nSPS) is 11.1. The van der Waals surface area contributed by atoms with Crippen LogP contribution in [0.4, 0.5) is 17.2 Å². The van der Waals surface area contributed by atoms with E-state index < -0.39 is 0 Å². The van der Waals surface area contributed by atoms with Gasteiger partial charge in [0.2, 0.25) is 0 Å². The number of nitrogens with one attached hydrogen (secondary N) is 2. The van der Waals surface area contributed by atoms with Crippen LogP contribution in [0.3, 0.4) is 0 Å². The molecule has 0 bridgehead atoms. The monoisotopic (exact) mass is 624 g/mol. The van der Waals surface area contributed by atoms with E-state index in [0.717, 1.165) is 77.9 Å². The fraction of sp³-hybridized carbons (Fsp3) is 0.0541. The molecule has 0 amide bonds. The molecule has 8 nitrogen and oxygen atoms in total. The van der Waals surface area contributed by atoms with Crippen molar-refractivity contribution in [2.24, 2.45) is 7.05 Å². The van der Waals surface area contributed by atoms with E-state index in [-0.39, 0.29) is 12.4 Å². The van der Waals surface area contributed by atoms with Gasteiger partial charge in [-0.1, -0.05) is 60.7 Å². The number of hydrogen-bond donors (Lipinski definition) is 2. The Hall–Kier alpha value is -5.86. The topological polar surface area (TPSA) is 84.9 Å². The summed E-state index contributed by atoms with van der Waals surface area (Å²) in [5, 5.41) is 11.0. The molecule has 9 aromatic rings. The number of benzene rings is 4. The molecule has 9 heteroatoms. The Balaban J connectivity index is 0.000000144. The van der Waals surface area contributed by atoms with Crippen molar-refractivity contribution in [1.82, 2.24) is 14.5 Å². The van der Waals surface area contributed by atoms with Crippen LogP contribution in [0.2, 0.25) is 0 Å². The van der Waals surface area contributed by atoms with E-state index in [2.05, 4.69) is 72.2 Å². The van der Waals surface area contributed by atoms with Crippen LogP contribution in [0.15, 0.2) is 137 Å². The Bertz CT molecular complexity index is 2500. The number of imidazole rings is 1. The summed E-state index contributed by atoms with van der Waals surface area (Å²) >= 11 is 0. The fourth-order valence-corrected chi connectivity index (χ4v) is 5.92. The van der Waals surface area contributed by atoms with E-state index in [1.54, 1.807) is 6.20 Å². The molecule has 0 saturated carbocycles. The smallest absolute Gasteiger partial charge is 0.273 e. The summed E-state index contributed by atoms with van der Waals surface area (Å²) in [5.74, 6) is 0.776. The van der Waals surface area contributed by atoms with Crippen molar-refractivity contribution in [1.29, 1.82) is 0 Å². The number of aromatic nitrogens is 4. The molecular weight excluding hydrogens is 596 g/mol. The van der Waals surface area contributed by atoms with Gasteiger partial charge in [0.15, 0.2) is 28.2 Å². The van der Waals surface area contributed by atoms with Gasteiger partial charge < -0.3 is 31.9 Å². The van der Waals surface area contributed by atoms with Crippen LogP contribution < -0.4 is 27.6 Å². The standard InChI is InChI=1S/C19H14N3O.C18H15N3O.ClH/c1-21-12-22(19-16(21)9-5-11-20-19)15-8-4-7-14-13-6-2-3-10-17(13)23-18(14)15;1-19-15-9-5-11-20-18(15)21-14-8-4-7-13-12-6-2-3-10-16(12)22-17(13)14;/h2-12H,1H3;2-11,19H,1H3,(H,20,21);1H/q+1;;/p-1. The minimum Gasteiger partial charge on any atom is -1.00 e. The van der Waals surface area contributed by atoms with Crippen molar-refractivity contribution in [3.8, 4) is 5.69 Å². The second-order valence-electron chi connectivity index (χ2n) is 10.7. The molecule has 46 heavy (non-hydrogen) atoms. The van der Waals surface area contributed by atoms with E-state index in [9.17, 15) is 0 Å². The minimum atomic E-state index is 0. The predicted octanol–water partition coefficient (Wildman–Crippen LogP) is 5.52. The van der Waals surface area contributed by atoms with Gasteiger partial charge in [-0.15, -0.1) is 0 Å². The lowest BCUT2D eigenvalue weighted by Crippen LogP contribution is -3.00. The molecule has 4 aromatic carbocycles. The molecular formula is C37H29ClN6O2. The quantitative estimate of drug-likeness (QED) is 0.251. The number of pyridine rings is 2. The molecule has 5 aromatic heterocycles. The zero-order chi connectivity index (χ0) is 30.3. The summed E-state index contributed by atoms with van der Waals surface area (Å²) in [7, 11) is 3.91. The molecule has 0 saturated heterocycles. The summed E-state index contributed by atoms with van der Waals surface area (Å²) in [5.41, 5.74) is 8.38. The van der Waals surface area contributed by atoms with E-state index in [1.165, 1.54) is 0 Å². The number of aryl methyl sites for hydroxylation is 1. The highest BCUT2D eigenvalue weighted by Crippen LogP contribution is 2.35. The zero-order valence-corrected chi connectivity index (χ0v) is 25.9. The van der Waals surface area contributed by atoms with Crippen molar-refractivity contribution >= 4 is 72.2 Å². The van der Waals surface area contributed by atoms with Gasteiger partial charge in [0.1, 0.15) is 11.2 Å². The highest BCUT2D eigenvalue weighted by atomic mass is 35.5. The number of furan rings is 2. The third-order valence-electron chi connectivity index (χ3n) is 8.04. The average Bonchev–Trinajstić information content (AvgIpc) is 3.77. The molecule has 0 unspecified atom stereocenters. The molecule has 9 rings (SSSR count). The van der Waals surface area contributed by atoms with Gasteiger partial charge in [0.05, 0.1) is 18.4 Å². The molecule has 0 radical (unpaired) electrons. The van der Waals surface area contributed by atoms with Gasteiger partial charge in [-0.05, 0) is 48.5 Å². The molecule has 0 aliphatic heterocycles. The van der Waals surface area contributed by atoms with E-state index in [1.807, 2.05) is 93.3 Å². The summed E-state index contributed by atoms with van der Waals surface area (Å²) in [6.45, 7) is 0. The van der Waals surface area contributed by atoms with Crippen molar-refractivity contribution < 1.29 is 25.8 Å². The molecule has 0 aliphatic rings. The van der Waals surface area contributed by atoms with Gasteiger partial charge in [0, 0.05) is 41.0 Å². The first-order chi connectivity index (χ1) is 22.2. The van der Waals surface area contributed by atoms with Crippen LogP contribution in [0.5, 0.6) is 0 Å². The van der Waals surface area contributed by atoms with E-state index in [4.69, 9.17) is 8.83 Å². The molecule has 2 N–H and O–H groups in total. The third-order valence-corrected chi connectivity index (χ3v) is 8.04. The Morgan fingerprint density at radius 1 is 0.630 bits per heavy atom. The van der Waals surface area contributed by atoms with Gasteiger partial charge >= 0.3 is 0 Å². The lowest BCUT2D eigenvalue weighted by atomic mass is 10.1. The second kappa shape index (κ2) is 11.9. The summed E-state index contributed by atoms with van der Waals surface area (Å²) in [4.78, 5) is 8.93. The molecule has 226 valence electrons. The molecule has 0 spiro atoms. The Kier molecular flexibility index (Phi) is 7.48. The number of fused-ring (bicyclic) bond motifs is 7. The minimum absolute atomic E-state index is 0. The summed E-state index contributed by atoms with van der Waals surface area (Å²) in [6.07, 6.45) is 5.62. The lowest BCUT2D eigenvalue weighted by Gasteiger charge is -2.10. The lowest BCUT2D eigenvalue weighted by molar-refractivity contribution is -0.645. The maximum absolute atomic E-state index is 6.14. The van der Waals surface area contributed by atoms with Gasteiger partial charge in [-0.25, -0.2) is 14.5 Å². The highest BCUT2D eigenvalue weighted by Gasteiger charge is 2.21. The SMILES string of the molecule is CNc1cccnc1Nc1cccc2c1oc1ccccc12.C[n+]1cn(-c2cccc3c2oc2ccccc23)c2ncccc21.[Cl-]. The highest BCUT2D eigenvalue weighted by molar-refractivity contribution is 6.09. The Morgan fingerprint density at radius 3 is 2.00 bits per heavy atom. The van der Waals surface area contributed by atoms with Crippen LogP contribution in [-0.2, 0) is 7.05 Å². The number of anilines is 3. The van der Waals surface area contributed by atoms with Crippen LogP contribution >= 0.6 is 0 Å². The van der Waals surface area contributed by atoms with Crippen LogP contribution in [0, 0.1) is 0 Å². The maximum Gasteiger partial charge on any atom is 0.273 e. The molecule has 0 aliphatic carbocycles. The average molecular weight is 625 g/mol. The van der Waals surface area contributed by atoms with Crippen LogP contribution in [0.1, 0.15) is 0 Å². The van der Waals surface area contributed by atoms with Crippen molar-refractivity contribution in [3.63, 3.8) is 0 Å². The molecule has 0 fully saturated rings. The number of rotatable bonds is 4.